The van der Waals surface area contributed by atoms with Gasteiger partial charge in [0.25, 0.3) is 0 Å². The van der Waals surface area contributed by atoms with Gasteiger partial charge in [0.15, 0.2) is 11.6 Å². The Bertz CT molecular complexity index is 380. The van der Waals surface area contributed by atoms with Crippen LogP contribution in [0.4, 0.5) is 4.39 Å². The Morgan fingerprint density at radius 3 is 2.83 bits per heavy atom. The summed E-state index contributed by atoms with van der Waals surface area (Å²) in [4.78, 5) is 0. The van der Waals surface area contributed by atoms with Crippen LogP contribution in [0.5, 0.6) is 5.75 Å². The molecule has 0 amide bonds. The Labute approximate surface area is 107 Å². The van der Waals surface area contributed by atoms with Crippen LogP contribution in [0, 0.1) is 5.82 Å². The van der Waals surface area contributed by atoms with Crippen LogP contribution in [0.2, 0.25) is 0 Å². The number of nitrogens with one attached hydrogen (secondary N) is 1. The van der Waals surface area contributed by atoms with Gasteiger partial charge >= 0.3 is 0 Å². The van der Waals surface area contributed by atoms with Gasteiger partial charge in [0.05, 0.1) is 6.61 Å². The first-order chi connectivity index (χ1) is 8.79. The fourth-order valence-electron chi connectivity index (χ4n) is 1.72. The molecule has 4 heteroatoms. The molecule has 1 aromatic rings. The van der Waals surface area contributed by atoms with Gasteiger partial charge in [-0.2, -0.15) is 0 Å². The molecule has 0 radical (unpaired) electrons. The third-order valence-electron chi connectivity index (χ3n) is 2.98. The van der Waals surface area contributed by atoms with Crippen LogP contribution < -0.4 is 10.1 Å². The first-order valence-corrected chi connectivity index (χ1v) is 6.55. The van der Waals surface area contributed by atoms with Gasteiger partial charge in [-0.3, -0.25) is 0 Å². The lowest BCUT2D eigenvalue weighted by Crippen LogP contribution is -2.15. The summed E-state index contributed by atoms with van der Waals surface area (Å²) >= 11 is 0. The lowest BCUT2D eigenvalue weighted by molar-refractivity contribution is 0.248. The van der Waals surface area contributed by atoms with Crippen molar-refractivity contribution in [3.63, 3.8) is 0 Å². The number of ether oxygens (including phenoxy) is 1. The van der Waals surface area contributed by atoms with Crippen LogP contribution in [-0.4, -0.2) is 24.4 Å². The number of rotatable bonds is 8. The minimum absolute atomic E-state index is 0.150. The van der Waals surface area contributed by atoms with Crippen molar-refractivity contribution in [1.82, 2.24) is 5.32 Å². The van der Waals surface area contributed by atoms with Gasteiger partial charge in [-0.05, 0) is 43.4 Å². The minimum Gasteiger partial charge on any atom is -0.491 e. The largest absolute Gasteiger partial charge is 0.491 e. The SMILES string of the molecule is OCCCCOc1ccc(CNC2CC2)cc1F. The van der Waals surface area contributed by atoms with E-state index in [1.807, 2.05) is 6.07 Å². The van der Waals surface area contributed by atoms with E-state index in [-0.39, 0.29) is 12.4 Å². The maximum absolute atomic E-state index is 13.7. The van der Waals surface area contributed by atoms with Gasteiger partial charge in [0.2, 0.25) is 0 Å². The molecule has 18 heavy (non-hydrogen) atoms. The minimum atomic E-state index is -0.311. The summed E-state index contributed by atoms with van der Waals surface area (Å²) in [6.45, 7) is 1.31. The molecule has 0 aromatic heterocycles. The van der Waals surface area contributed by atoms with Crippen molar-refractivity contribution in [2.45, 2.75) is 38.3 Å². The van der Waals surface area contributed by atoms with E-state index in [1.165, 1.54) is 18.9 Å². The van der Waals surface area contributed by atoms with Crippen molar-refractivity contribution < 1.29 is 14.2 Å². The summed E-state index contributed by atoms with van der Waals surface area (Å²) in [5.41, 5.74) is 0.946. The average molecular weight is 253 g/mol. The highest BCUT2D eigenvalue weighted by molar-refractivity contribution is 5.29. The van der Waals surface area contributed by atoms with Crippen molar-refractivity contribution >= 4 is 0 Å². The Balaban J connectivity index is 1.79. The van der Waals surface area contributed by atoms with Crippen LogP contribution >= 0.6 is 0 Å². The molecule has 0 unspecified atom stereocenters. The number of hydrogen-bond acceptors (Lipinski definition) is 3. The Morgan fingerprint density at radius 1 is 1.33 bits per heavy atom. The van der Waals surface area contributed by atoms with Crippen molar-refractivity contribution in [2.24, 2.45) is 0 Å². The van der Waals surface area contributed by atoms with Gasteiger partial charge in [-0.25, -0.2) is 4.39 Å². The number of halogens is 1. The molecule has 0 spiro atoms. The van der Waals surface area contributed by atoms with Crippen LogP contribution in [0.1, 0.15) is 31.2 Å². The maximum Gasteiger partial charge on any atom is 0.165 e. The molecule has 100 valence electrons. The predicted molar refractivity (Wildman–Crippen MR) is 68.1 cm³/mol. The van der Waals surface area contributed by atoms with Gasteiger partial charge < -0.3 is 15.2 Å². The highest BCUT2D eigenvalue weighted by Gasteiger charge is 2.20. The molecule has 0 aliphatic heterocycles. The summed E-state index contributed by atoms with van der Waals surface area (Å²) < 4.78 is 19.0. The lowest BCUT2D eigenvalue weighted by Gasteiger charge is -2.09. The predicted octanol–water partition coefficient (Wildman–Crippen LogP) is 2.23. The maximum atomic E-state index is 13.7. The third-order valence-corrected chi connectivity index (χ3v) is 2.98. The fraction of sp³-hybridized carbons (Fsp3) is 0.571. The topological polar surface area (TPSA) is 41.5 Å². The van der Waals surface area contributed by atoms with Crippen molar-refractivity contribution in [2.75, 3.05) is 13.2 Å². The molecule has 0 bridgehead atoms. The quantitative estimate of drug-likeness (QED) is 0.698. The van der Waals surface area contributed by atoms with Gasteiger partial charge in [-0.15, -0.1) is 0 Å². The zero-order chi connectivity index (χ0) is 12.8. The molecule has 2 rings (SSSR count). The molecule has 2 N–H and O–H groups in total. The standard InChI is InChI=1S/C14H20FNO2/c15-13-9-11(10-16-12-4-5-12)3-6-14(13)18-8-2-1-7-17/h3,6,9,12,16-17H,1-2,4-5,7-8,10H2. The zero-order valence-electron chi connectivity index (χ0n) is 10.5. The lowest BCUT2D eigenvalue weighted by atomic mass is 10.2. The second-order valence-electron chi connectivity index (χ2n) is 4.70. The van der Waals surface area contributed by atoms with Crippen LogP contribution in [-0.2, 0) is 6.54 Å². The van der Waals surface area contributed by atoms with Crippen molar-refractivity contribution in [3.05, 3.63) is 29.6 Å². The van der Waals surface area contributed by atoms with E-state index in [0.29, 0.717) is 31.4 Å². The summed E-state index contributed by atoms with van der Waals surface area (Å²) in [6, 6.07) is 5.72. The van der Waals surface area contributed by atoms with E-state index in [2.05, 4.69) is 5.32 Å². The average Bonchev–Trinajstić information content (AvgIpc) is 3.18. The number of hydrogen-bond donors (Lipinski definition) is 2. The van der Waals surface area contributed by atoms with Crippen LogP contribution in [0.25, 0.3) is 0 Å². The second kappa shape index (κ2) is 6.71. The Morgan fingerprint density at radius 2 is 2.17 bits per heavy atom. The molecular weight excluding hydrogens is 233 g/mol. The van der Waals surface area contributed by atoms with Gasteiger partial charge in [0.1, 0.15) is 0 Å². The molecule has 1 aromatic carbocycles. The van der Waals surface area contributed by atoms with E-state index < -0.39 is 0 Å². The molecule has 0 heterocycles. The highest BCUT2D eigenvalue weighted by Crippen LogP contribution is 2.21. The monoisotopic (exact) mass is 253 g/mol. The van der Waals surface area contributed by atoms with E-state index in [1.54, 1.807) is 6.07 Å². The molecule has 0 atom stereocenters. The second-order valence-corrected chi connectivity index (χ2v) is 4.70. The normalized spacial score (nSPS) is 14.8. The number of aliphatic hydroxyl groups is 1. The molecule has 1 saturated carbocycles. The molecule has 1 aliphatic carbocycles. The number of aliphatic hydroxyl groups excluding tert-OH is 1. The van der Waals surface area contributed by atoms with E-state index in [9.17, 15) is 4.39 Å². The number of benzene rings is 1. The zero-order valence-corrected chi connectivity index (χ0v) is 10.5. The van der Waals surface area contributed by atoms with Crippen molar-refractivity contribution in [1.29, 1.82) is 0 Å². The van der Waals surface area contributed by atoms with E-state index in [0.717, 1.165) is 12.0 Å². The third kappa shape index (κ3) is 4.27. The smallest absolute Gasteiger partial charge is 0.165 e. The molecule has 1 aliphatic rings. The molecule has 1 fully saturated rings. The highest BCUT2D eigenvalue weighted by atomic mass is 19.1. The van der Waals surface area contributed by atoms with Crippen LogP contribution in [0.15, 0.2) is 18.2 Å². The summed E-state index contributed by atoms with van der Waals surface area (Å²) in [7, 11) is 0. The molecule has 0 saturated heterocycles. The van der Waals surface area contributed by atoms with E-state index in [4.69, 9.17) is 9.84 Å². The van der Waals surface area contributed by atoms with Crippen molar-refractivity contribution in [3.8, 4) is 5.75 Å². The summed E-state index contributed by atoms with van der Waals surface area (Å²) in [6.07, 6.45) is 3.88. The Kier molecular flexibility index (Phi) is 4.96. The molecular formula is C14H20FNO2. The number of unbranched alkanes of at least 4 members (excludes halogenated alkanes) is 1. The fourth-order valence-corrected chi connectivity index (χ4v) is 1.72. The summed E-state index contributed by atoms with van der Waals surface area (Å²) in [5.74, 6) is -0.0165. The van der Waals surface area contributed by atoms with E-state index >= 15 is 0 Å². The summed E-state index contributed by atoms with van der Waals surface area (Å²) in [5, 5.41) is 12.0. The molecule has 3 nitrogen and oxygen atoms in total. The Hall–Kier alpha value is -1.13. The van der Waals surface area contributed by atoms with Gasteiger partial charge in [-0.1, -0.05) is 6.07 Å². The van der Waals surface area contributed by atoms with Gasteiger partial charge in [0, 0.05) is 19.2 Å². The first kappa shape index (κ1) is 13.3. The van der Waals surface area contributed by atoms with Crippen LogP contribution in [0.3, 0.4) is 0 Å². The first-order valence-electron chi connectivity index (χ1n) is 6.55.